The molecule has 8 bridgehead atoms. The molecule has 29 nitrogen and oxygen atoms in total. The second-order valence-electron chi connectivity index (χ2n) is 37.7. The molecule has 12 aliphatic rings. The predicted octanol–water partition coefficient (Wildman–Crippen LogP) is 13.2. The van der Waals surface area contributed by atoms with Gasteiger partial charge in [0.2, 0.25) is 28.0 Å². The molecule has 8 aliphatic heterocycles. The molecule has 4 spiro atoms. The van der Waals surface area contributed by atoms with Gasteiger partial charge in [-0.15, -0.1) is 0 Å². The van der Waals surface area contributed by atoms with Crippen LogP contribution < -0.4 is 47.1 Å². The molecule has 12 heterocycles. The number of carbonyl (C=O) groups excluding carboxylic acids is 9. The Balaban J connectivity index is 0.000000133. The van der Waals surface area contributed by atoms with Crippen LogP contribution >= 0.6 is 0 Å². The van der Waals surface area contributed by atoms with E-state index in [1.54, 1.807) is 25.9 Å². The van der Waals surface area contributed by atoms with E-state index in [-0.39, 0.29) is 95.5 Å². The number of nitrogens with one attached hydrogen (secondary N) is 3. The smallest absolute Gasteiger partial charge is 0.446 e. The highest BCUT2D eigenvalue weighted by atomic mass is 19.4. The minimum Gasteiger partial charge on any atom is -0.503 e. The lowest BCUT2D eigenvalue weighted by molar-refractivity contribution is -0.156. The van der Waals surface area contributed by atoms with Crippen LogP contribution in [0.4, 0.5) is 52.7 Å². The molecule has 0 unspecified atom stereocenters. The summed E-state index contributed by atoms with van der Waals surface area (Å²) in [5, 5.41) is 27.8. The van der Waals surface area contributed by atoms with Gasteiger partial charge in [-0.25, -0.2) is 44.3 Å². The first-order valence-electron chi connectivity index (χ1n) is 45.8. The third-order valence-electron chi connectivity index (χ3n) is 28.8. The Morgan fingerprint density at radius 1 is 0.411 bits per heavy atom. The van der Waals surface area contributed by atoms with Crippen LogP contribution in [-0.2, 0) is 68.6 Å². The molecule has 5 aromatic carbocycles. The summed E-state index contributed by atoms with van der Waals surface area (Å²) in [6, 6.07) is 21.5. The third kappa shape index (κ3) is 19.2. The lowest BCUT2D eigenvalue weighted by Gasteiger charge is -2.44. The molecule has 4 aliphatic carbocycles. The normalized spacial score (nSPS) is 22.4. The lowest BCUT2D eigenvalue weighted by atomic mass is 9.79. The van der Waals surface area contributed by atoms with E-state index in [0.717, 1.165) is 120 Å². The summed E-state index contributed by atoms with van der Waals surface area (Å²) < 4.78 is 178. The Hall–Kier alpha value is -14.3. The fraction of sp³-hybridized carbons (Fsp3) is 0.410. The summed E-state index contributed by atoms with van der Waals surface area (Å²) >= 11 is 0. The van der Waals surface area contributed by atoms with Crippen molar-refractivity contribution in [2.45, 2.75) is 204 Å². The zero-order chi connectivity index (χ0) is 99.7. The van der Waals surface area contributed by atoms with Gasteiger partial charge >= 0.3 is 12.1 Å². The van der Waals surface area contributed by atoms with Crippen LogP contribution in [0.15, 0.2) is 141 Å². The van der Waals surface area contributed by atoms with Gasteiger partial charge in [0.15, 0.2) is 45.8 Å². The minimum atomic E-state index is -4.64. The van der Waals surface area contributed by atoms with Gasteiger partial charge in [-0.1, -0.05) is 93.8 Å². The molecule has 0 radical (unpaired) electrons. The van der Waals surface area contributed by atoms with Gasteiger partial charge < -0.3 is 78.2 Å². The van der Waals surface area contributed by atoms with Gasteiger partial charge in [0.1, 0.15) is 87.8 Å². The molecule has 7 amide bonds. The van der Waals surface area contributed by atoms with Gasteiger partial charge in [-0.05, 0) is 119 Å². The first kappa shape index (κ1) is 99.7. The number of amides is 7. The predicted molar refractivity (Wildman–Crippen MR) is 478 cm³/mol. The van der Waals surface area contributed by atoms with Crippen molar-refractivity contribution in [3.05, 3.63) is 288 Å². The number of hydrogen-bond donors (Lipinski definition) is 5. The number of fused-ring (bicyclic) bond motifs is 8. The summed E-state index contributed by atoms with van der Waals surface area (Å²) in [7, 11) is 0. The first-order valence-corrected chi connectivity index (χ1v) is 45.8. The van der Waals surface area contributed by atoms with E-state index in [0.29, 0.717) is 106 Å². The van der Waals surface area contributed by atoms with Crippen molar-refractivity contribution in [1.29, 1.82) is 0 Å². The summed E-state index contributed by atoms with van der Waals surface area (Å²) in [6.07, 6.45) is 14.7. The quantitative estimate of drug-likeness (QED) is 0.0321. The van der Waals surface area contributed by atoms with Crippen molar-refractivity contribution in [1.82, 2.24) is 53.8 Å². The van der Waals surface area contributed by atoms with Crippen molar-refractivity contribution in [2.75, 3.05) is 32.8 Å². The first-order chi connectivity index (χ1) is 66.7. The maximum absolute atomic E-state index is 14.1. The summed E-state index contributed by atoms with van der Waals surface area (Å²) in [4.78, 5) is 173. The van der Waals surface area contributed by atoms with Crippen molar-refractivity contribution in [3.8, 4) is 23.0 Å². The third-order valence-corrected chi connectivity index (χ3v) is 28.8. The van der Waals surface area contributed by atoms with E-state index in [4.69, 9.17) is 19.0 Å². The summed E-state index contributed by atoms with van der Waals surface area (Å²) in [6.45, 7) is 4.34. The molecule has 744 valence electrons. The van der Waals surface area contributed by atoms with E-state index < -0.39 is 192 Å². The van der Waals surface area contributed by atoms with Gasteiger partial charge in [-0.2, -0.15) is 13.2 Å². The van der Waals surface area contributed by atoms with Crippen molar-refractivity contribution < 1.29 is 120 Å². The second-order valence-corrected chi connectivity index (χ2v) is 37.7. The number of halogens is 12. The fourth-order valence-electron chi connectivity index (χ4n) is 22.7. The highest BCUT2D eigenvalue weighted by Crippen LogP contribution is 2.53. The number of nitrogens with zero attached hydrogens (tertiary/aromatic N) is 8. The zero-order valence-electron chi connectivity index (χ0n) is 75.2. The average Bonchev–Trinajstić information content (AvgIpc) is 1.61. The number of aromatic nitrogens is 4. The van der Waals surface area contributed by atoms with E-state index in [1.807, 2.05) is 70.5 Å². The molecule has 4 saturated heterocycles. The number of benzene rings is 5. The second kappa shape index (κ2) is 39.4. The minimum absolute atomic E-state index is 0. The van der Waals surface area contributed by atoms with Crippen molar-refractivity contribution in [3.63, 3.8) is 0 Å². The van der Waals surface area contributed by atoms with Crippen LogP contribution in [-0.4, -0.2) is 163 Å². The number of aldehydes is 1. The van der Waals surface area contributed by atoms with Gasteiger partial charge in [0, 0.05) is 150 Å². The number of ether oxygens (including phenoxy) is 3. The molecule has 41 heteroatoms. The Kier molecular flexibility index (Phi) is 27.9. The summed E-state index contributed by atoms with van der Waals surface area (Å²) in [5.41, 5.74) is -6.16. The molecule has 8 atom stereocenters. The van der Waals surface area contributed by atoms with E-state index in [9.17, 15) is 120 Å². The van der Waals surface area contributed by atoms with Crippen molar-refractivity contribution >= 4 is 53.6 Å². The number of alkyl halides is 3. The molecule has 8 fully saturated rings. The largest absolute Gasteiger partial charge is 0.503 e. The molecule has 141 heavy (non-hydrogen) atoms. The Morgan fingerprint density at radius 3 is 0.957 bits per heavy atom. The SMILES string of the molecule is C.CCOC(=O)c1cn2c(c(OCc3ccccc3)c1=O)C(=O)N1C[C@@H]3CCC[C@]1(C3)C2.O=C(NCc1c(F)cc(F)cc1F)c1cn2c(c(O)c1=O)C(=O)N1C[C@@H]3CCC[C@]1(C3)C2.O=C(NCc1c(F)cc(F)cc1F)c1cn2c(c(O)c1=O)C(=O)N1C[C@@H]3CCC[C@]1(C3)C2.O=C(NCc1c(F)cc(F)cc1F)c1cn2c(c(OCc3ccccc3)c1=O)C(=O)N1C[C@@H]3CCC[C@]1(C3)C2.O=CC(F)(F)F. The van der Waals surface area contributed by atoms with Crippen LogP contribution in [0.25, 0.3) is 0 Å². The highest BCUT2D eigenvalue weighted by molar-refractivity contribution is 6.03. The monoisotopic (exact) mass is 1970 g/mol. The number of aromatic hydroxyl groups is 2. The van der Waals surface area contributed by atoms with E-state index in [2.05, 4.69) is 16.0 Å². The zero-order valence-corrected chi connectivity index (χ0v) is 75.2. The highest BCUT2D eigenvalue weighted by Gasteiger charge is 2.59. The number of hydrogen-bond acceptors (Lipinski definition) is 18. The molecule has 21 rings (SSSR count). The van der Waals surface area contributed by atoms with Gasteiger partial charge in [-0.3, -0.25) is 57.5 Å². The Bertz CT molecular complexity index is 6580. The molecule has 5 N–H and O–H groups in total. The van der Waals surface area contributed by atoms with Crippen molar-refractivity contribution in [2.24, 2.45) is 23.7 Å². The van der Waals surface area contributed by atoms with E-state index >= 15 is 0 Å². The standard InChI is InChI=1S/C29H26F3N3O4.C24H26N2O5.2C22H20F3N3O4.C2HF3O.CH4/c30-19-9-22(31)20(23(32)10-19)12-33-27(37)21-14-34-16-29-8-4-7-18(11-29)13-35(29)28(38)24(34)26(25(21)36)39-15-17-5-2-1-3-6-17;1-2-30-23(29)18-13-25-15-24-10-6-9-17(11-24)12-26(24)22(28)19(25)21(20(18)27)31-14-16-7-4-3-5-8-16;2*23-12-4-15(24)13(16(25)5-12)7-26-20(31)14-9-27-10-22-3-1-2-11(6-22)8-28(22)21(32)17(27)19(30)18(14)29;3-2(4,5)1-6;/h1-3,5-6,9-10,14,18H,4,7-8,11-13,15-16H2,(H,33,37);3-5,7-8,13,17H,2,6,9-12,14-15H2,1H3;2*4-5,9,11,30H,1-3,6-8,10H2,(H,26,31);1H;1H4/t18-,29+;17-,24+;2*11-,22+;;/m1111../s1. The number of carbonyl (C=O) groups is 9. The maximum atomic E-state index is 14.1. The maximum Gasteiger partial charge on any atom is 0.446 e. The van der Waals surface area contributed by atoms with Crippen LogP contribution in [0.3, 0.4) is 0 Å². The van der Waals surface area contributed by atoms with Crippen LogP contribution in [0, 0.1) is 76.0 Å². The molecule has 4 aromatic heterocycles. The fourth-order valence-corrected chi connectivity index (χ4v) is 22.7. The number of rotatable bonds is 17. The molecule has 9 aromatic rings. The molecule has 4 saturated carbocycles. The topological polar surface area (TPSA) is 359 Å². The lowest BCUT2D eigenvalue weighted by Crippen LogP contribution is -2.55. The Morgan fingerprint density at radius 2 is 0.674 bits per heavy atom. The average molecular weight is 1970 g/mol. The van der Waals surface area contributed by atoms with Crippen LogP contribution in [0.5, 0.6) is 23.0 Å². The van der Waals surface area contributed by atoms with Crippen LogP contribution in [0.2, 0.25) is 0 Å². The summed E-state index contributed by atoms with van der Waals surface area (Å²) in [5.74, 6) is -15.4. The Labute approximate surface area is 796 Å². The van der Waals surface area contributed by atoms with E-state index in [1.165, 1.54) is 33.9 Å². The van der Waals surface area contributed by atoms with Gasteiger partial charge in [0.25, 0.3) is 41.4 Å². The van der Waals surface area contributed by atoms with Crippen LogP contribution in [0.1, 0.15) is 228 Å². The number of esters is 1. The van der Waals surface area contributed by atoms with Gasteiger partial charge in [0.05, 0.1) is 28.8 Å². The molecular formula is C100H97F12N11O18. The molecular weight excluding hydrogens is 1870 g/mol. The number of pyridine rings is 4.